The normalized spacial score (nSPS) is 15.7. The van der Waals surface area contributed by atoms with Crippen molar-refractivity contribution >= 4 is 11.6 Å². The molecule has 0 saturated carbocycles. The molecule has 3 rings (SSSR count). The Labute approximate surface area is 161 Å². The minimum absolute atomic E-state index is 0.0483. The summed E-state index contributed by atoms with van der Waals surface area (Å²) in [5, 5.41) is 4.38. The van der Waals surface area contributed by atoms with Gasteiger partial charge in [-0.15, -0.1) is 0 Å². The summed E-state index contributed by atoms with van der Waals surface area (Å²) in [6.45, 7) is 6.46. The molecular formula is C23H28N2O2. The maximum absolute atomic E-state index is 12.1. The van der Waals surface area contributed by atoms with Gasteiger partial charge in [0, 0.05) is 5.56 Å². The van der Waals surface area contributed by atoms with Crippen molar-refractivity contribution in [3.8, 4) is 5.75 Å². The molecule has 0 saturated heterocycles. The molecule has 0 atom stereocenters. The molecular weight excluding hydrogens is 336 g/mol. The Morgan fingerprint density at radius 2 is 1.74 bits per heavy atom. The molecule has 0 heterocycles. The van der Waals surface area contributed by atoms with Gasteiger partial charge in [-0.2, -0.15) is 5.10 Å². The number of nitrogens with one attached hydrogen (secondary N) is 1. The number of hydrogen-bond donors (Lipinski definition) is 1. The van der Waals surface area contributed by atoms with Crippen molar-refractivity contribution < 1.29 is 9.53 Å². The molecule has 1 aliphatic carbocycles. The van der Waals surface area contributed by atoms with Crippen molar-refractivity contribution in [3.05, 3.63) is 65.2 Å². The zero-order valence-electron chi connectivity index (χ0n) is 16.4. The minimum Gasteiger partial charge on any atom is -0.484 e. The van der Waals surface area contributed by atoms with Gasteiger partial charge < -0.3 is 4.74 Å². The highest BCUT2D eigenvalue weighted by Crippen LogP contribution is 2.24. The summed E-state index contributed by atoms with van der Waals surface area (Å²) in [6, 6.07) is 16.2. The van der Waals surface area contributed by atoms with E-state index in [2.05, 4.69) is 49.5 Å². The van der Waals surface area contributed by atoms with Crippen molar-refractivity contribution in [3.63, 3.8) is 0 Å². The first-order valence-corrected chi connectivity index (χ1v) is 9.60. The molecule has 1 N–H and O–H groups in total. The van der Waals surface area contributed by atoms with Crippen LogP contribution in [0.1, 0.15) is 56.7 Å². The molecule has 142 valence electrons. The fraction of sp³-hybridized carbons (Fsp3) is 0.391. The van der Waals surface area contributed by atoms with Gasteiger partial charge in [-0.3, -0.25) is 4.79 Å². The molecule has 0 spiro atoms. The van der Waals surface area contributed by atoms with Gasteiger partial charge in [0.15, 0.2) is 6.61 Å². The Hall–Kier alpha value is -2.62. The number of ether oxygens (including phenoxy) is 1. The minimum atomic E-state index is -0.246. The number of hydrogen-bond acceptors (Lipinski definition) is 3. The molecule has 0 aliphatic heterocycles. The van der Waals surface area contributed by atoms with E-state index in [9.17, 15) is 4.79 Å². The van der Waals surface area contributed by atoms with E-state index in [0.717, 1.165) is 37.0 Å². The van der Waals surface area contributed by atoms with E-state index in [1.807, 2.05) is 30.3 Å². The Morgan fingerprint density at radius 3 is 2.48 bits per heavy atom. The van der Waals surface area contributed by atoms with Crippen LogP contribution in [0.5, 0.6) is 5.75 Å². The first-order chi connectivity index (χ1) is 12.9. The molecule has 2 aromatic rings. The van der Waals surface area contributed by atoms with Gasteiger partial charge in [0.05, 0.1) is 5.71 Å². The Balaban J connectivity index is 1.58. The van der Waals surface area contributed by atoms with E-state index < -0.39 is 0 Å². The standard InChI is InChI=1S/C23H28N2O2/c1-23(2,3)18-12-14-19(15-13-18)27-16-22(26)25-24-21-11-7-5-9-17-8-4-6-10-20(17)21/h4,6,8,10,12-15H,5,7,9,11,16H2,1-3H3,(H,25,26). The lowest BCUT2D eigenvalue weighted by atomic mass is 9.87. The van der Waals surface area contributed by atoms with Crippen LogP contribution in [-0.2, 0) is 16.6 Å². The first-order valence-electron chi connectivity index (χ1n) is 9.60. The molecule has 0 fully saturated rings. The van der Waals surface area contributed by atoms with Gasteiger partial charge in [0.2, 0.25) is 0 Å². The van der Waals surface area contributed by atoms with Crippen LogP contribution in [0.4, 0.5) is 0 Å². The van der Waals surface area contributed by atoms with Gasteiger partial charge in [0.1, 0.15) is 5.75 Å². The number of aryl methyl sites for hydroxylation is 1. The number of carbonyl (C=O) groups is 1. The van der Waals surface area contributed by atoms with E-state index >= 15 is 0 Å². The predicted octanol–water partition coefficient (Wildman–Crippen LogP) is 4.61. The fourth-order valence-corrected chi connectivity index (χ4v) is 3.24. The smallest absolute Gasteiger partial charge is 0.277 e. The number of nitrogens with zero attached hydrogens (tertiary/aromatic N) is 1. The maximum atomic E-state index is 12.1. The van der Waals surface area contributed by atoms with Gasteiger partial charge >= 0.3 is 0 Å². The highest BCUT2D eigenvalue weighted by molar-refractivity contribution is 6.02. The van der Waals surface area contributed by atoms with Crippen LogP contribution >= 0.6 is 0 Å². The molecule has 1 amide bonds. The van der Waals surface area contributed by atoms with Gasteiger partial charge in [-0.05, 0) is 54.4 Å². The van der Waals surface area contributed by atoms with Crippen LogP contribution in [0.15, 0.2) is 53.6 Å². The number of benzene rings is 2. The zero-order chi connectivity index (χ0) is 19.3. The van der Waals surface area contributed by atoms with Crippen molar-refractivity contribution in [1.29, 1.82) is 0 Å². The summed E-state index contributed by atoms with van der Waals surface area (Å²) in [5.74, 6) is 0.440. The van der Waals surface area contributed by atoms with E-state index in [0.29, 0.717) is 5.75 Å². The zero-order valence-corrected chi connectivity index (χ0v) is 16.4. The van der Waals surface area contributed by atoms with E-state index in [-0.39, 0.29) is 17.9 Å². The number of fused-ring (bicyclic) bond motifs is 1. The summed E-state index contributed by atoms with van der Waals surface area (Å²) >= 11 is 0. The van der Waals surface area contributed by atoms with Crippen LogP contribution < -0.4 is 10.2 Å². The van der Waals surface area contributed by atoms with Crippen LogP contribution in [0, 0.1) is 0 Å². The third-order valence-electron chi connectivity index (χ3n) is 4.84. The average Bonchev–Trinajstić information content (AvgIpc) is 2.86. The topological polar surface area (TPSA) is 50.7 Å². The van der Waals surface area contributed by atoms with Crippen LogP contribution in [0.3, 0.4) is 0 Å². The van der Waals surface area contributed by atoms with E-state index in [4.69, 9.17) is 4.74 Å². The maximum Gasteiger partial charge on any atom is 0.277 e. The van der Waals surface area contributed by atoms with Crippen molar-refractivity contribution in [1.82, 2.24) is 5.43 Å². The van der Waals surface area contributed by atoms with E-state index in [1.165, 1.54) is 11.1 Å². The second kappa shape index (κ2) is 8.38. The highest BCUT2D eigenvalue weighted by Gasteiger charge is 2.15. The summed E-state index contributed by atoms with van der Waals surface area (Å²) < 4.78 is 5.59. The van der Waals surface area contributed by atoms with Crippen LogP contribution in [0.25, 0.3) is 0 Å². The first kappa shape index (κ1) is 19.2. The summed E-state index contributed by atoms with van der Waals surface area (Å²) in [6.07, 6.45) is 4.18. The average molecular weight is 364 g/mol. The quantitative estimate of drug-likeness (QED) is 0.636. The Morgan fingerprint density at radius 1 is 1.04 bits per heavy atom. The lowest BCUT2D eigenvalue weighted by Crippen LogP contribution is -2.26. The molecule has 27 heavy (non-hydrogen) atoms. The summed E-state index contributed by atoms with van der Waals surface area (Å²) in [5.41, 5.74) is 7.38. The Bertz CT molecular complexity index is 817. The predicted molar refractivity (Wildman–Crippen MR) is 109 cm³/mol. The SMILES string of the molecule is CC(C)(C)c1ccc(OCC(=O)NN=C2CCCCc3ccccc32)cc1. The van der Waals surface area contributed by atoms with Crippen molar-refractivity contribution in [2.75, 3.05) is 6.61 Å². The molecule has 1 aliphatic rings. The third kappa shape index (κ3) is 5.19. The largest absolute Gasteiger partial charge is 0.484 e. The molecule has 0 aromatic heterocycles. The summed E-state index contributed by atoms with van der Waals surface area (Å²) in [4.78, 5) is 12.1. The molecule has 0 unspecified atom stereocenters. The monoisotopic (exact) mass is 364 g/mol. The van der Waals surface area contributed by atoms with E-state index in [1.54, 1.807) is 0 Å². The summed E-state index contributed by atoms with van der Waals surface area (Å²) in [7, 11) is 0. The molecule has 4 nitrogen and oxygen atoms in total. The number of hydrazone groups is 1. The fourth-order valence-electron chi connectivity index (χ4n) is 3.24. The van der Waals surface area contributed by atoms with Crippen molar-refractivity contribution in [2.24, 2.45) is 5.10 Å². The second-order valence-electron chi connectivity index (χ2n) is 8.02. The molecule has 4 heteroatoms. The van der Waals surface area contributed by atoms with Crippen LogP contribution in [-0.4, -0.2) is 18.2 Å². The van der Waals surface area contributed by atoms with Gasteiger partial charge in [-0.1, -0.05) is 57.2 Å². The molecule has 0 bridgehead atoms. The molecule has 0 radical (unpaired) electrons. The van der Waals surface area contributed by atoms with Gasteiger partial charge in [-0.25, -0.2) is 5.43 Å². The second-order valence-corrected chi connectivity index (χ2v) is 8.02. The Kier molecular flexibility index (Phi) is 5.94. The van der Waals surface area contributed by atoms with Crippen LogP contribution in [0.2, 0.25) is 0 Å². The third-order valence-corrected chi connectivity index (χ3v) is 4.84. The van der Waals surface area contributed by atoms with Gasteiger partial charge in [0.25, 0.3) is 5.91 Å². The highest BCUT2D eigenvalue weighted by atomic mass is 16.5. The van der Waals surface area contributed by atoms with Crippen molar-refractivity contribution in [2.45, 2.75) is 51.9 Å². The number of carbonyl (C=O) groups excluding carboxylic acids is 1. The lowest BCUT2D eigenvalue weighted by Gasteiger charge is -2.19. The number of rotatable bonds is 4. The molecule has 2 aromatic carbocycles. The lowest BCUT2D eigenvalue weighted by molar-refractivity contribution is -0.123. The number of amides is 1.